The van der Waals surface area contributed by atoms with E-state index in [-0.39, 0.29) is 39.5 Å². The molecule has 3 heterocycles. The van der Waals surface area contributed by atoms with Gasteiger partial charge in [-0.05, 0) is 172 Å². The van der Waals surface area contributed by atoms with Gasteiger partial charge in [0.05, 0.1) is 55.9 Å². The van der Waals surface area contributed by atoms with Crippen molar-refractivity contribution >= 4 is 79.0 Å². The van der Waals surface area contributed by atoms with Crippen molar-refractivity contribution in [2.75, 3.05) is 9.80 Å². The van der Waals surface area contributed by atoms with Gasteiger partial charge in [-0.15, -0.1) is 0 Å². The summed E-state index contributed by atoms with van der Waals surface area (Å²) in [4.78, 5) is 4.76. The van der Waals surface area contributed by atoms with Crippen LogP contribution in [0.25, 0.3) is 105 Å². The van der Waals surface area contributed by atoms with E-state index in [0.717, 1.165) is 123 Å². The van der Waals surface area contributed by atoms with E-state index in [1.807, 2.05) is 115 Å². The number of para-hydroxylation sites is 2. The molecule has 1 aliphatic carbocycles. The number of hydrogen-bond acceptors (Lipinski definition) is 3. The SMILES string of the molecule is [2H]c1c([2H])c([2H])c(-c2ccc3c(c2)B2c4ccc(-n5c6c([2H])c([2H])c([2H])c([2H])c6c6c([2H])c(C#N)c([2H])c([2H])c65)cc4N(c4c(-c5ccccc5)cc(C(C)(C)C)cc4-c4ccccc4)c4cc(-c5cccc6c5C(c5ccccc5)(c5ccccc5)c5ccccc5-6)cc(c42)N3c2c(-c3ccccc3)cccc2-c2ccccc2)c([2H])c1[2H]. The molecule has 0 saturated carbocycles. The van der Waals surface area contributed by atoms with Gasteiger partial charge < -0.3 is 14.4 Å². The summed E-state index contributed by atoms with van der Waals surface area (Å²) in [7, 11) is 0. The zero-order chi connectivity index (χ0) is 81.9. The number of aromatic nitrogens is 1. The lowest BCUT2D eigenvalue weighted by Crippen LogP contribution is -2.61. The zero-order valence-electron chi connectivity index (χ0n) is 70.7. The van der Waals surface area contributed by atoms with Crippen molar-refractivity contribution in [3.05, 3.63) is 409 Å². The van der Waals surface area contributed by atoms with Crippen LogP contribution in [0.1, 0.15) is 70.6 Å². The summed E-state index contributed by atoms with van der Waals surface area (Å²) >= 11 is 0. The molecule has 0 spiro atoms. The van der Waals surface area contributed by atoms with Crippen molar-refractivity contribution in [1.82, 2.24) is 4.57 Å². The Hall–Kier alpha value is -13.5. The van der Waals surface area contributed by atoms with E-state index in [0.29, 0.717) is 33.8 Å². The normalized spacial score (nSPS) is 14.6. The van der Waals surface area contributed by atoms with Crippen LogP contribution in [0.2, 0.25) is 0 Å². The molecule has 4 nitrogen and oxygen atoms in total. The molecule has 16 aromatic carbocycles. The molecular formula is C102H71BN4. The van der Waals surface area contributed by atoms with E-state index >= 15 is 0 Å². The van der Waals surface area contributed by atoms with E-state index in [9.17, 15) is 20.3 Å². The highest BCUT2D eigenvalue weighted by atomic mass is 15.2. The topological polar surface area (TPSA) is 35.2 Å². The van der Waals surface area contributed by atoms with Crippen molar-refractivity contribution in [3.8, 4) is 89.6 Å². The molecular weight excluding hydrogens is 1290 g/mol. The van der Waals surface area contributed by atoms with Crippen LogP contribution < -0.4 is 26.2 Å². The molecule has 1 aromatic heterocycles. The van der Waals surface area contributed by atoms with Crippen LogP contribution in [0.5, 0.6) is 0 Å². The van der Waals surface area contributed by atoms with E-state index in [1.165, 1.54) is 0 Å². The Morgan fingerprint density at radius 3 is 1.47 bits per heavy atom. The number of nitriles is 1. The summed E-state index contributed by atoms with van der Waals surface area (Å²) in [5, 5.41) is 10.6. The van der Waals surface area contributed by atoms with Crippen LogP contribution in [-0.2, 0) is 10.8 Å². The van der Waals surface area contributed by atoms with Gasteiger partial charge in [0.25, 0.3) is 6.71 Å². The van der Waals surface area contributed by atoms with Crippen molar-refractivity contribution in [2.45, 2.75) is 31.6 Å². The maximum atomic E-state index is 10.7. The average Bonchev–Trinajstić information content (AvgIpc) is 1.62. The highest BCUT2D eigenvalue weighted by Crippen LogP contribution is 2.61. The first-order valence-electron chi connectivity index (χ1n) is 42.2. The maximum absolute atomic E-state index is 10.7. The molecule has 0 amide bonds. The zero-order valence-corrected chi connectivity index (χ0v) is 58.7. The Kier molecular flexibility index (Phi) is 12.1. The average molecular weight is 1380 g/mol. The molecule has 0 atom stereocenters. The van der Waals surface area contributed by atoms with Gasteiger partial charge in [0.2, 0.25) is 0 Å². The van der Waals surface area contributed by atoms with Crippen molar-refractivity contribution in [2.24, 2.45) is 0 Å². The number of anilines is 6. The van der Waals surface area contributed by atoms with Crippen LogP contribution in [-0.4, -0.2) is 11.3 Å². The van der Waals surface area contributed by atoms with Gasteiger partial charge in [0.15, 0.2) is 0 Å². The van der Waals surface area contributed by atoms with Crippen LogP contribution in [0, 0.1) is 11.3 Å². The minimum atomic E-state index is -0.932. The minimum Gasteiger partial charge on any atom is -0.310 e. The van der Waals surface area contributed by atoms with Gasteiger partial charge in [-0.2, -0.15) is 5.26 Å². The summed E-state index contributed by atoms with van der Waals surface area (Å²) in [5.74, 6) is 0. The standard InChI is InChI=1S/C102H71BN4/c1-101(2,3)77-63-85(71-37-17-7-18-38-71)100(86(64-77)72-39-19-8-20-40-72)107-94-65-78(105-91-52-28-26-46-83(91)87-59-67(66-104)53-57-92(87)105)55-56-89(94)103-90-60-73(68-31-11-4-12-32-68)54-58-93(90)106(99-80(69-33-13-5-14-34-69)48-30-49-81(99)70-35-15-6-16-36-70)95-61-74(62-96(107)98(95)103)79-47-29-50-84-82-45-25-27-51-88(82)102(97(79)84,75-41-21-9-22-42-75)76-43-23-10-24-44-76/h4-65H,1-3H3/i4D,11D,12D,26D,28D,31D,32D,46D,52D,53D,57D,59D. The van der Waals surface area contributed by atoms with Crippen molar-refractivity contribution in [1.29, 1.82) is 5.26 Å². The third-order valence-electron chi connectivity index (χ3n) is 22.0. The number of rotatable bonds is 11. The molecule has 17 aromatic rings. The molecule has 502 valence electrons. The second-order valence-corrected chi connectivity index (χ2v) is 28.8. The van der Waals surface area contributed by atoms with Gasteiger partial charge in [0, 0.05) is 61.5 Å². The highest BCUT2D eigenvalue weighted by Gasteiger charge is 2.50. The summed E-state index contributed by atoms with van der Waals surface area (Å²) in [6.45, 7) is 5.81. The second-order valence-electron chi connectivity index (χ2n) is 28.8. The second kappa shape index (κ2) is 25.1. The Morgan fingerprint density at radius 1 is 0.364 bits per heavy atom. The summed E-state index contributed by atoms with van der Waals surface area (Å²) < 4.78 is 116. The van der Waals surface area contributed by atoms with Gasteiger partial charge in [-0.1, -0.05) is 330 Å². The molecule has 0 N–H and O–H groups in total. The van der Waals surface area contributed by atoms with Crippen molar-refractivity contribution < 1.29 is 16.4 Å². The van der Waals surface area contributed by atoms with E-state index < -0.39 is 83.5 Å². The molecule has 0 radical (unpaired) electrons. The smallest absolute Gasteiger partial charge is 0.252 e. The fourth-order valence-electron chi connectivity index (χ4n) is 17.4. The lowest BCUT2D eigenvalue weighted by atomic mass is 9.33. The molecule has 0 bridgehead atoms. The van der Waals surface area contributed by atoms with Gasteiger partial charge >= 0.3 is 0 Å². The fraction of sp³-hybridized carbons (Fsp3) is 0.0490. The number of hydrogen-bond donors (Lipinski definition) is 0. The third kappa shape index (κ3) is 9.98. The minimum absolute atomic E-state index is 0.0109. The lowest BCUT2D eigenvalue weighted by Gasteiger charge is -2.46. The van der Waals surface area contributed by atoms with E-state index in [1.54, 1.807) is 4.57 Å². The summed E-state index contributed by atoms with van der Waals surface area (Å²) in [6, 6.07) is 102. The Bertz CT molecular complexity index is 7010. The first-order chi connectivity index (χ1) is 57.7. The van der Waals surface area contributed by atoms with Gasteiger partial charge in [-0.3, -0.25) is 0 Å². The largest absolute Gasteiger partial charge is 0.310 e. The third-order valence-corrected chi connectivity index (χ3v) is 22.0. The number of fused-ring (bicyclic) bond motifs is 10. The van der Waals surface area contributed by atoms with Gasteiger partial charge in [0.1, 0.15) is 0 Å². The van der Waals surface area contributed by atoms with Crippen LogP contribution in [0.4, 0.5) is 34.1 Å². The predicted molar refractivity (Wildman–Crippen MR) is 448 cm³/mol. The Morgan fingerprint density at radius 2 is 0.869 bits per heavy atom. The highest BCUT2D eigenvalue weighted by molar-refractivity contribution is 7.00. The van der Waals surface area contributed by atoms with Crippen molar-refractivity contribution in [3.63, 3.8) is 0 Å². The fourth-order valence-corrected chi connectivity index (χ4v) is 17.4. The Balaban J connectivity index is 1.03. The molecule has 0 fully saturated rings. The summed E-state index contributed by atoms with van der Waals surface area (Å²) in [5.41, 5.74) is 21.7. The monoisotopic (exact) mass is 1370 g/mol. The Labute approximate surface area is 642 Å². The molecule has 5 heteroatoms. The first-order valence-corrected chi connectivity index (χ1v) is 36.2. The summed E-state index contributed by atoms with van der Waals surface area (Å²) in [6.07, 6.45) is 0. The van der Waals surface area contributed by atoms with Crippen LogP contribution >= 0.6 is 0 Å². The van der Waals surface area contributed by atoms with Crippen LogP contribution in [0.15, 0.2) is 376 Å². The number of nitrogens with zero attached hydrogens (tertiary/aromatic N) is 4. The maximum Gasteiger partial charge on any atom is 0.252 e. The number of benzene rings is 16. The predicted octanol–water partition coefficient (Wildman–Crippen LogP) is 24.4. The first kappa shape index (κ1) is 51.6. The molecule has 3 aliphatic rings. The molecule has 0 unspecified atom stereocenters. The molecule has 2 aliphatic heterocycles. The van der Waals surface area contributed by atoms with E-state index in [4.69, 9.17) is 1.37 Å². The molecule has 20 rings (SSSR count). The van der Waals surface area contributed by atoms with E-state index in [2.05, 4.69) is 225 Å². The quantitative estimate of drug-likeness (QED) is 0.121. The lowest BCUT2D eigenvalue weighted by molar-refractivity contribution is 0.591. The van der Waals surface area contributed by atoms with Gasteiger partial charge in [-0.25, -0.2) is 0 Å². The van der Waals surface area contributed by atoms with Crippen LogP contribution in [0.3, 0.4) is 0 Å². The molecule has 0 saturated heterocycles. The molecule has 107 heavy (non-hydrogen) atoms.